The number of thiophene rings is 1. The standard InChI is InChI=1S/C22H14FN3O3S/c23-14-7-5-13(6-8-14)17-11-30-19-18(17)22(29)25(12-24-19)9-10-26-20(27)15-3-1-2-4-16(15)21(26)28/h1-8,11-12H,9-10H2. The van der Waals surface area contributed by atoms with Crippen molar-refractivity contribution in [1.29, 1.82) is 0 Å². The van der Waals surface area contributed by atoms with Gasteiger partial charge in [-0.3, -0.25) is 23.9 Å². The van der Waals surface area contributed by atoms with Crippen molar-refractivity contribution in [2.24, 2.45) is 0 Å². The number of fused-ring (bicyclic) bond motifs is 2. The summed E-state index contributed by atoms with van der Waals surface area (Å²) in [6.07, 6.45) is 1.42. The number of halogens is 1. The van der Waals surface area contributed by atoms with Crippen LogP contribution in [0, 0.1) is 5.82 Å². The number of amides is 2. The Hall–Kier alpha value is -3.65. The maximum atomic E-state index is 13.3. The van der Waals surface area contributed by atoms with Gasteiger partial charge in [0.05, 0.1) is 22.8 Å². The molecule has 8 heteroatoms. The van der Waals surface area contributed by atoms with Gasteiger partial charge in [0.2, 0.25) is 0 Å². The highest BCUT2D eigenvalue weighted by atomic mass is 32.1. The third-order valence-corrected chi connectivity index (χ3v) is 6.04. The topological polar surface area (TPSA) is 72.3 Å². The molecule has 6 nitrogen and oxygen atoms in total. The van der Waals surface area contributed by atoms with Crippen LogP contribution in [-0.4, -0.2) is 32.8 Å². The Morgan fingerprint density at radius 1 is 0.867 bits per heavy atom. The lowest BCUT2D eigenvalue weighted by Gasteiger charge is -2.14. The zero-order chi connectivity index (χ0) is 20.8. The van der Waals surface area contributed by atoms with Crippen LogP contribution >= 0.6 is 11.3 Å². The average Bonchev–Trinajstić information content (AvgIpc) is 3.29. The van der Waals surface area contributed by atoms with Crippen molar-refractivity contribution in [2.75, 3.05) is 6.54 Å². The molecule has 1 aliphatic rings. The second-order valence-corrected chi connectivity index (χ2v) is 7.75. The molecule has 0 bridgehead atoms. The monoisotopic (exact) mass is 419 g/mol. The van der Waals surface area contributed by atoms with Crippen LogP contribution in [-0.2, 0) is 6.54 Å². The highest BCUT2D eigenvalue weighted by Crippen LogP contribution is 2.30. The number of nitrogens with zero attached hydrogens (tertiary/aromatic N) is 3. The molecular weight excluding hydrogens is 405 g/mol. The van der Waals surface area contributed by atoms with Crippen molar-refractivity contribution >= 4 is 33.4 Å². The number of hydrogen-bond donors (Lipinski definition) is 0. The molecule has 3 heterocycles. The van der Waals surface area contributed by atoms with Gasteiger partial charge in [-0.25, -0.2) is 9.37 Å². The molecule has 2 aromatic heterocycles. The molecule has 4 aromatic rings. The van der Waals surface area contributed by atoms with E-state index < -0.39 is 0 Å². The minimum Gasteiger partial charge on any atom is -0.297 e. The Balaban J connectivity index is 1.46. The SMILES string of the molecule is O=C1c2ccccc2C(=O)N1CCn1cnc2scc(-c3ccc(F)cc3)c2c1=O. The molecule has 0 saturated carbocycles. The van der Waals surface area contributed by atoms with E-state index in [0.717, 1.165) is 10.5 Å². The molecule has 1 aliphatic heterocycles. The Morgan fingerprint density at radius 3 is 2.20 bits per heavy atom. The summed E-state index contributed by atoms with van der Waals surface area (Å²) in [4.78, 5) is 44.2. The zero-order valence-corrected chi connectivity index (χ0v) is 16.4. The van der Waals surface area contributed by atoms with Crippen LogP contribution in [0.5, 0.6) is 0 Å². The Kier molecular flexibility index (Phi) is 4.29. The van der Waals surface area contributed by atoms with Crippen molar-refractivity contribution in [3.8, 4) is 11.1 Å². The second kappa shape index (κ2) is 7.00. The van der Waals surface area contributed by atoms with Crippen LogP contribution < -0.4 is 5.56 Å². The lowest BCUT2D eigenvalue weighted by Crippen LogP contribution is -2.35. The lowest BCUT2D eigenvalue weighted by atomic mass is 10.1. The predicted octanol–water partition coefficient (Wildman–Crippen LogP) is 3.56. The van der Waals surface area contributed by atoms with Crippen LogP contribution in [0.2, 0.25) is 0 Å². The van der Waals surface area contributed by atoms with E-state index in [9.17, 15) is 18.8 Å². The minimum absolute atomic E-state index is 0.0649. The molecule has 5 rings (SSSR count). The van der Waals surface area contributed by atoms with E-state index >= 15 is 0 Å². The smallest absolute Gasteiger partial charge is 0.262 e. The van der Waals surface area contributed by atoms with Crippen molar-refractivity contribution in [3.63, 3.8) is 0 Å². The number of imide groups is 1. The van der Waals surface area contributed by atoms with Crippen LogP contribution in [0.3, 0.4) is 0 Å². The Labute approximate surface area is 173 Å². The van der Waals surface area contributed by atoms with Crippen molar-refractivity contribution in [2.45, 2.75) is 6.54 Å². The summed E-state index contributed by atoms with van der Waals surface area (Å²) in [5.41, 5.74) is 1.89. The first-order valence-corrected chi connectivity index (χ1v) is 10.1. The summed E-state index contributed by atoms with van der Waals surface area (Å²) in [5, 5.41) is 2.26. The van der Waals surface area contributed by atoms with E-state index in [0.29, 0.717) is 26.9 Å². The van der Waals surface area contributed by atoms with E-state index in [-0.39, 0.29) is 36.3 Å². The first-order valence-electron chi connectivity index (χ1n) is 9.22. The maximum Gasteiger partial charge on any atom is 0.262 e. The van der Waals surface area contributed by atoms with Gasteiger partial charge in [0.15, 0.2) is 0 Å². The molecule has 0 aliphatic carbocycles. The van der Waals surface area contributed by atoms with E-state index in [2.05, 4.69) is 4.98 Å². The molecule has 2 aromatic carbocycles. The predicted molar refractivity (Wildman–Crippen MR) is 111 cm³/mol. The number of benzene rings is 2. The molecule has 0 radical (unpaired) electrons. The van der Waals surface area contributed by atoms with Gasteiger partial charge >= 0.3 is 0 Å². The number of rotatable bonds is 4. The van der Waals surface area contributed by atoms with Gasteiger partial charge < -0.3 is 0 Å². The van der Waals surface area contributed by atoms with Crippen molar-refractivity contribution < 1.29 is 14.0 Å². The third-order valence-electron chi connectivity index (χ3n) is 5.16. The third kappa shape index (κ3) is 2.84. The van der Waals surface area contributed by atoms with Gasteiger partial charge in [-0.05, 0) is 29.8 Å². The summed E-state index contributed by atoms with van der Waals surface area (Å²) >= 11 is 1.33. The van der Waals surface area contributed by atoms with Crippen LogP contribution in [0.4, 0.5) is 4.39 Å². The van der Waals surface area contributed by atoms with Crippen LogP contribution in [0.1, 0.15) is 20.7 Å². The van der Waals surface area contributed by atoms with Gasteiger partial charge in [-0.15, -0.1) is 11.3 Å². The van der Waals surface area contributed by atoms with E-state index in [4.69, 9.17) is 0 Å². The lowest BCUT2D eigenvalue weighted by molar-refractivity contribution is 0.0648. The van der Waals surface area contributed by atoms with Crippen LogP contribution in [0.15, 0.2) is 65.0 Å². The molecule has 0 saturated heterocycles. The molecule has 30 heavy (non-hydrogen) atoms. The quantitative estimate of drug-likeness (QED) is 0.474. The van der Waals surface area contributed by atoms with Crippen molar-refractivity contribution in [3.05, 3.63) is 87.5 Å². The normalized spacial score (nSPS) is 13.3. The number of aromatic nitrogens is 2. The second-order valence-electron chi connectivity index (χ2n) is 6.89. The zero-order valence-electron chi connectivity index (χ0n) is 15.5. The van der Waals surface area contributed by atoms with Gasteiger partial charge in [0.1, 0.15) is 10.6 Å². The number of hydrogen-bond acceptors (Lipinski definition) is 5. The summed E-state index contributed by atoms with van der Waals surface area (Å²) in [6.45, 7) is 0.196. The van der Waals surface area contributed by atoms with E-state index in [1.54, 1.807) is 36.4 Å². The molecule has 148 valence electrons. The van der Waals surface area contributed by atoms with Gasteiger partial charge in [-0.2, -0.15) is 0 Å². The fraction of sp³-hybridized carbons (Fsp3) is 0.0909. The number of carbonyl (C=O) groups excluding carboxylic acids is 2. The summed E-state index contributed by atoms with van der Waals surface area (Å²) < 4.78 is 14.7. The molecular formula is C22H14FN3O3S. The summed E-state index contributed by atoms with van der Waals surface area (Å²) in [6, 6.07) is 12.6. The molecule has 2 amide bonds. The molecule has 0 fully saturated rings. The molecule has 0 N–H and O–H groups in total. The minimum atomic E-state index is -0.361. The maximum absolute atomic E-state index is 13.3. The largest absolute Gasteiger partial charge is 0.297 e. The fourth-order valence-corrected chi connectivity index (χ4v) is 4.53. The molecule has 0 unspecified atom stereocenters. The average molecular weight is 419 g/mol. The first kappa shape index (κ1) is 18.4. The first-order chi connectivity index (χ1) is 14.5. The number of carbonyl (C=O) groups is 2. The van der Waals surface area contributed by atoms with Gasteiger partial charge in [0.25, 0.3) is 17.4 Å². The summed E-state index contributed by atoms with van der Waals surface area (Å²) in [5.74, 6) is -1.07. The van der Waals surface area contributed by atoms with E-state index in [1.165, 1.54) is 34.4 Å². The van der Waals surface area contributed by atoms with Crippen LogP contribution in [0.25, 0.3) is 21.3 Å². The molecule has 0 atom stereocenters. The van der Waals surface area contributed by atoms with Crippen molar-refractivity contribution in [1.82, 2.24) is 14.5 Å². The highest BCUT2D eigenvalue weighted by molar-refractivity contribution is 7.17. The molecule has 0 spiro atoms. The fourth-order valence-electron chi connectivity index (χ4n) is 3.62. The van der Waals surface area contributed by atoms with Gasteiger partial charge in [0, 0.05) is 24.0 Å². The highest BCUT2D eigenvalue weighted by Gasteiger charge is 2.34. The Morgan fingerprint density at radius 2 is 1.53 bits per heavy atom. The summed E-state index contributed by atoms with van der Waals surface area (Å²) in [7, 11) is 0. The van der Waals surface area contributed by atoms with Gasteiger partial charge in [-0.1, -0.05) is 24.3 Å². The Bertz CT molecular complexity index is 1340. The van der Waals surface area contributed by atoms with E-state index in [1.807, 2.05) is 5.38 Å².